The Labute approximate surface area is 155 Å². The van der Waals surface area contributed by atoms with E-state index in [1.165, 1.54) is 0 Å². The number of esters is 1. The number of hydrogen-bond acceptors (Lipinski definition) is 5. The van der Waals surface area contributed by atoms with Crippen molar-refractivity contribution < 1.29 is 19.4 Å². The highest BCUT2D eigenvalue weighted by Crippen LogP contribution is 2.22. The number of carboxylic acid groups (broad SMARTS) is 1. The van der Waals surface area contributed by atoms with Crippen LogP contribution in [0.25, 0.3) is 0 Å². The molecule has 1 aromatic carbocycles. The van der Waals surface area contributed by atoms with Gasteiger partial charge in [0, 0.05) is 12.6 Å². The van der Waals surface area contributed by atoms with Crippen molar-refractivity contribution in [3.05, 3.63) is 35.4 Å². The molecule has 1 saturated heterocycles. The molecule has 0 aromatic heterocycles. The van der Waals surface area contributed by atoms with Gasteiger partial charge in [-0.05, 0) is 58.2 Å². The lowest BCUT2D eigenvalue weighted by atomic mass is 10.0. The van der Waals surface area contributed by atoms with Crippen LogP contribution in [0.4, 0.5) is 0 Å². The van der Waals surface area contributed by atoms with Crippen molar-refractivity contribution in [2.75, 3.05) is 13.1 Å². The molecule has 1 aliphatic rings. The molecular weight excluding hydrogens is 332 g/mol. The molecule has 2 N–H and O–H groups in total. The molecule has 2 atom stereocenters. The maximum absolute atomic E-state index is 12.9. The van der Waals surface area contributed by atoms with Gasteiger partial charge in [0.2, 0.25) is 0 Å². The second-order valence-corrected chi connectivity index (χ2v) is 7.91. The first kappa shape index (κ1) is 20.4. The molecule has 1 unspecified atom stereocenters. The molecule has 1 aliphatic heterocycles. The standard InChI is InChI=1S/C20H30N2O4/c1-14-8-5-6-9-15(14)12-22(13-17(23)24)18(16-10-7-11-21-16)19(25)26-20(2,3)4/h5-6,8-9,16,18,21H,7,10-13H2,1-4H3,(H,23,24)/t16-,18?/m0/s1. The highest BCUT2D eigenvalue weighted by molar-refractivity contribution is 5.78. The highest BCUT2D eigenvalue weighted by Gasteiger charge is 2.39. The molecule has 1 fully saturated rings. The van der Waals surface area contributed by atoms with Crippen molar-refractivity contribution in [2.24, 2.45) is 0 Å². The lowest BCUT2D eigenvalue weighted by molar-refractivity contribution is -0.163. The van der Waals surface area contributed by atoms with Crippen LogP contribution in [0.15, 0.2) is 24.3 Å². The predicted molar refractivity (Wildman–Crippen MR) is 99.9 cm³/mol. The Kier molecular flexibility index (Phi) is 6.78. The SMILES string of the molecule is Cc1ccccc1CN(CC(=O)O)C(C(=O)OC(C)(C)C)[C@@H]1CCCN1. The van der Waals surface area contributed by atoms with Gasteiger partial charge in [0.1, 0.15) is 11.6 Å². The molecule has 2 rings (SSSR count). The van der Waals surface area contributed by atoms with Gasteiger partial charge in [-0.25, -0.2) is 0 Å². The molecule has 0 bridgehead atoms. The zero-order valence-corrected chi connectivity index (χ0v) is 16.1. The van der Waals surface area contributed by atoms with Crippen molar-refractivity contribution in [3.63, 3.8) is 0 Å². The van der Waals surface area contributed by atoms with Gasteiger partial charge in [0.05, 0.1) is 6.54 Å². The fourth-order valence-electron chi connectivity index (χ4n) is 3.34. The summed E-state index contributed by atoms with van der Waals surface area (Å²) in [6.07, 6.45) is 1.79. The molecule has 1 aromatic rings. The van der Waals surface area contributed by atoms with Crippen LogP contribution in [0.5, 0.6) is 0 Å². The van der Waals surface area contributed by atoms with E-state index in [1.54, 1.807) is 4.90 Å². The van der Waals surface area contributed by atoms with Gasteiger partial charge >= 0.3 is 11.9 Å². The van der Waals surface area contributed by atoms with Gasteiger partial charge < -0.3 is 15.2 Å². The number of nitrogens with zero attached hydrogens (tertiary/aromatic N) is 1. The number of aryl methyl sites for hydroxylation is 1. The van der Waals surface area contributed by atoms with Crippen LogP contribution in [0.1, 0.15) is 44.7 Å². The average Bonchev–Trinajstić information content (AvgIpc) is 3.01. The fraction of sp³-hybridized carbons (Fsp3) is 0.600. The maximum Gasteiger partial charge on any atom is 0.325 e. The topological polar surface area (TPSA) is 78.9 Å². The van der Waals surface area contributed by atoms with Crippen LogP contribution in [0.3, 0.4) is 0 Å². The van der Waals surface area contributed by atoms with Gasteiger partial charge in [-0.1, -0.05) is 24.3 Å². The summed E-state index contributed by atoms with van der Waals surface area (Å²) in [5.41, 5.74) is 1.47. The second kappa shape index (κ2) is 8.64. The molecule has 0 aliphatic carbocycles. The zero-order valence-electron chi connectivity index (χ0n) is 16.1. The van der Waals surface area contributed by atoms with E-state index in [0.717, 1.165) is 30.5 Å². The summed E-state index contributed by atoms with van der Waals surface area (Å²) in [5, 5.41) is 12.8. The van der Waals surface area contributed by atoms with Crippen molar-refractivity contribution in [2.45, 2.75) is 64.8 Å². The molecular formula is C20H30N2O4. The number of ether oxygens (including phenoxy) is 1. The number of nitrogens with one attached hydrogen (secondary N) is 1. The Morgan fingerprint density at radius 1 is 1.35 bits per heavy atom. The lowest BCUT2D eigenvalue weighted by Gasteiger charge is -2.35. The normalized spacial score (nSPS) is 18.7. The summed E-state index contributed by atoms with van der Waals surface area (Å²) in [6.45, 7) is 8.48. The molecule has 0 radical (unpaired) electrons. The largest absolute Gasteiger partial charge is 0.480 e. The molecule has 6 heteroatoms. The third-order valence-corrected chi connectivity index (χ3v) is 4.49. The summed E-state index contributed by atoms with van der Waals surface area (Å²) in [6, 6.07) is 7.10. The van der Waals surface area contributed by atoms with E-state index in [4.69, 9.17) is 4.74 Å². The van der Waals surface area contributed by atoms with Crippen LogP contribution in [0.2, 0.25) is 0 Å². The molecule has 144 valence electrons. The molecule has 6 nitrogen and oxygen atoms in total. The van der Waals surface area contributed by atoms with Crippen molar-refractivity contribution in [3.8, 4) is 0 Å². The maximum atomic E-state index is 12.9. The number of benzene rings is 1. The van der Waals surface area contributed by atoms with Crippen LogP contribution in [-0.2, 0) is 20.9 Å². The van der Waals surface area contributed by atoms with E-state index in [1.807, 2.05) is 52.0 Å². The Morgan fingerprint density at radius 2 is 2.04 bits per heavy atom. The van der Waals surface area contributed by atoms with E-state index >= 15 is 0 Å². The van der Waals surface area contributed by atoms with Gasteiger partial charge in [-0.15, -0.1) is 0 Å². The quantitative estimate of drug-likeness (QED) is 0.725. The smallest absolute Gasteiger partial charge is 0.325 e. The fourth-order valence-corrected chi connectivity index (χ4v) is 3.34. The molecule has 0 saturated carbocycles. The van der Waals surface area contributed by atoms with E-state index in [2.05, 4.69) is 5.32 Å². The van der Waals surface area contributed by atoms with Gasteiger partial charge in [-0.2, -0.15) is 0 Å². The Morgan fingerprint density at radius 3 is 2.58 bits per heavy atom. The zero-order chi connectivity index (χ0) is 19.3. The van der Waals surface area contributed by atoms with Crippen molar-refractivity contribution in [1.82, 2.24) is 10.2 Å². The van der Waals surface area contributed by atoms with Gasteiger partial charge in [-0.3, -0.25) is 14.5 Å². The summed E-state index contributed by atoms with van der Waals surface area (Å²) in [7, 11) is 0. The monoisotopic (exact) mass is 362 g/mol. The van der Waals surface area contributed by atoms with Crippen molar-refractivity contribution >= 4 is 11.9 Å². The van der Waals surface area contributed by atoms with E-state index in [-0.39, 0.29) is 18.6 Å². The Balaban J connectivity index is 2.32. The summed E-state index contributed by atoms with van der Waals surface area (Å²) in [5.74, 6) is -1.32. The first-order valence-corrected chi connectivity index (χ1v) is 9.14. The number of rotatable bonds is 7. The first-order valence-electron chi connectivity index (χ1n) is 9.14. The van der Waals surface area contributed by atoms with E-state index < -0.39 is 17.6 Å². The number of carboxylic acids is 1. The molecule has 1 heterocycles. The summed E-state index contributed by atoms with van der Waals surface area (Å²) >= 11 is 0. The van der Waals surface area contributed by atoms with Crippen LogP contribution in [0, 0.1) is 6.92 Å². The number of aliphatic carboxylic acids is 1. The Hall–Kier alpha value is -1.92. The minimum atomic E-state index is -0.954. The third-order valence-electron chi connectivity index (χ3n) is 4.49. The number of hydrogen-bond donors (Lipinski definition) is 2. The minimum Gasteiger partial charge on any atom is -0.480 e. The van der Waals surface area contributed by atoms with Crippen LogP contribution < -0.4 is 5.32 Å². The van der Waals surface area contributed by atoms with Gasteiger partial charge in [0.25, 0.3) is 0 Å². The predicted octanol–water partition coefficient (Wildman–Crippen LogP) is 2.34. The summed E-state index contributed by atoms with van der Waals surface area (Å²) < 4.78 is 5.63. The van der Waals surface area contributed by atoms with Crippen LogP contribution >= 0.6 is 0 Å². The lowest BCUT2D eigenvalue weighted by Crippen LogP contribution is -2.55. The Bertz CT molecular complexity index is 633. The number of carbonyl (C=O) groups excluding carboxylic acids is 1. The first-order chi connectivity index (χ1) is 12.2. The number of carbonyl (C=O) groups is 2. The second-order valence-electron chi connectivity index (χ2n) is 7.91. The van der Waals surface area contributed by atoms with E-state index in [0.29, 0.717) is 6.54 Å². The third kappa shape index (κ3) is 5.81. The van der Waals surface area contributed by atoms with Crippen molar-refractivity contribution in [1.29, 1.82) is 0 Å². The minimum absolute atomic E-state index is 0.104. The molecule has 0 amide bonds. The summed E-state index contributed by atoms with van der Waals surface area (Å²) in [4.78, 5) is 26.2. The van der Waals surface area contributed by atoms with Crippen LogP contribution in [-0.4, -0.2) is 52.7 Å². The van der Waals surface area contributed by atoms with Gasteiger partial charge in [0.15, 0.2) is 0 Å². The molecule has 26 heavy (non-hydrogen) atoms. The molecule has 0 spiro atoms. The van der Waals surface area contributed by atoms with E-state index in [9.17, 15) is 14.7 Å². The highest BCUT2D eigenvalue weighted by atomic mass is 16.6. The average molecular weight is 362 g/mol.